The number of aromatic amines is 1. The zero-order chi connectivity index (χ0) is 31.5. The molecule has 10 rings (SSSR count). The smallest absolute Gasteiger partial charge is 0.112 e. The van der Waals surface area contributed by atoms with Crippen molar-refractivity contribution in [3.8, 4) is 5.69 Å². The highest BCUT2D eigenvalue weighted by molar-refractivity contribution is 6.28. The number of nitrogens with zero attached hydrogens (tertiary/aromatic N) is 1. The van der Waals surface area contributed by atoms with Crippen molar-refractivity contribution in [2.24, 2.45) is 17.8 Å². The molecule has 4 aliphatic rings. The second-order valence-corrected chi connectivity index (χ2v) is 13.5. The molecule has 6 aromatic rings. The molecule has 0 spiro atoms. The van der Waals surface area contributed by atoms with Crippen molar-refractivity contribution < 1.29 is 4.74 Å². The zero-order valence-electron chi connectivity index (χ0n) is 26.9. The standard InChI is InChI=1S/C24H16N2.C20H22O/c1-2-8-16(9-3-1)26-21-13-7-5-11-18(21)24-22(26)15-14-20-23(24)17-10-4-6-12-19(17)25-20;1-13-3-6-15(7-4-13)16-8-10-19-18(12-16)17-9-5-14(2)11-20(17)21-19/h1-15,25H;3,5-10,13-14,18H,4,11-12H2,1-2H3. The van der Waals surface area contributed by atoms with E-state index in [4.69, 9.17) is 4.74 Å². The van der Waals surface area contributed by atoms with Crippen LogP contribution in [0.3, 0.4) is 0 Å². The van der Waals surface area contributed by atoms with Crippen molar-refractivity contribution in [1.82, 2.24) is 9.55 Å². The van der Waals surface area contributed by atoms with Gasteiger partial charge in [0.25, 0.3) is 0 Å². The summed E-state index contributed by atoms with van der Waals surface area (Å²) in [6.45, 7) is 4.52. The van der Waals surface area contributed by atoms with E-state index in [2.05, 4.69) is 157 Å². The van der Waals surface area contributed by atoms with Gasteiger partial charge in [-0.15, -0.1) is 0 Å². The molecule has 3 heterocycles. The second kappa shape index (κ2) is 11.2. The number of aromatic nitrogens is 2. The number of fused-ring (bicyclic) bond motifs is 9. The largest absolute Gasteiger partial charge is 0.465 e. The van der Waals surface area contributed by atoms with Crippen LogP contribution >= 0.6 is 0 Å². The first-order chi connectivity index (χ1) is 23.1. The monoisotopic (exact) mass is 610 g/mol. The van der Waals surface area contributed by atoms with Gasteiger partial charge in [-0.05, 0) is 78.3 Å². The van der Waals surface area contributed by atoms with Crippen LogP contribution in [0.15, 0.2) is 162 Å². The Balaban J connectivity index is 0.000000132. The minimum atomic E-state index is 0.442. The average Bonchev–Trinajstić information content (AvgIpc) is 3.77. The van der Waals surface area contributed by atoms with Crippen molar-refractivity contribution in [1.29, 1.82) is 0 Å². The molecule has 1 aliphatic heterocycles. The molecular weight excluding hydrogens is 572 g/mol. The summed E-state index contributed by atoms with van der Waals surface area (Å²) in [5.41, 5.74) is 10.3. The van der Waals surface area contributed by atoms with Crippen LogP contribution in [0.5, 0.6) is 0 Å². The number of H-pyrrole nitrogens is 1. The van der Waals surface area contributed by atoms with Crippen molar-refractivity contribution in [3.63, 3.8) is 0 Å². The van der Waals surface area contributed by atoms with Gasteiger partial charge in [0.05, 0.1) is 11.0 Å². The molecule has 3 aliphatic carbocycles. The van der Waals surface area contributed by atoms with Crippen LogP contribution in [-0.4, -0.2) is 9.55 Å². The number of nitrogens with one attached hydrogen (secondary N) is 1. The fourth-order valence-corrected chi connectivity index (χ4v) is 7.88. The lowest BCUT2D eigenvalue weighted by molar-refractivity contribution is 0.283. The molecule has 0 fully saturated rings. The van der Waals surface area contributed by atoms with Crippen molar-refractivity contribution in [3.05, 3.63) is 162 Å². The molecular formula is C44H38N2O. The lowest BCUT2D eigenvalue weighted by atomic mass is 9.81. The minimum absolute atomic E-state index is 0.442. The Morgan fingerprint density at radius 3 is 2.32 bits per heavy atom. The number of hydrogen-bond acceptors (Lipinski definition) is 1. The summed E-state index contributed by atoms with van der Waals surface area (Å²) in [6.07, 6.45) is 19.4. The number of allylic oxidation sites excluding steroid dienone is 11. The molecule has 3 atom stereocenters. The summed E-state index contributed by atoms with van der Waals surface area (Å²) in [5, 5.41) is 5.20. The van der Waals surface area contributed by atoms with Crippen molar-refractivity contribution in [2.45, 2.75) is 33.1 Å². The molecule has 230 valence electrons. The van der Waals surface area contributed by atoms with Gasteiger partial charge in [0.2, 0.25) is 0 Å². The highest BCUT2D eigenvalue weighted by Crippen LogP contribution is 2.46. The minimum Gasteiger partial charge on any atom is -0.465 e. The average molecular weight is 611 g/mol. The predicted molar refractivity (Wildman–Crippen MR) is 196 cm³/mol. The van der Waals surface area contributed by atoms with E-state index in [-0.39, 0.29) is 0 Å². The van der Waals surface area contributed by atoms with Crippen LogP contribution in [0.25, 0.3) is 49.3 Å². The summed E-state index contributed by atoms with van der Waals surface area (Å²) in [6, 6.07) is 32.3. The van der Waals surface area contributed by atoms with Gasteiger partial charge in [-0.1, -0.05) is 105 Å². The Kier molecular flexibility index (Phi) is 6.67. The molecule has 0 saturated carbocycles. The molecule has 4 aromatic carbocycles. The zero-order valence-corrected chi connectivity index (χ0v) is 26.9. The first kappa shape index (κ1) is 28.0. The van der Waals surface area contributed by atoms with Gasteiger partial charge >= 0.3 is 0 Å². The van der Waals surface area contributed by atoms with E-state index in [9.17, 15) is 0 Å². The number of benzene rings is 4. The van der Waals surface area contributed by atoms with Gasteiger partial charge < -0.3 is 14.3 Å². The maximum atomic E-state index is 6.10. The molecule has 3 nitrogen and oxygen atoms in total. The molecule has 3 unspecified atom stereocenters. The van der Waals surface area contributed by atoms with Crippen LogP contribution in [0, 0.1) is 17.8 Å². The Morgan fingerprint density at radius 2 is 1.47 bits per heavy atom. The molecule has 2 aromatic heterocycles. The quantitative estimate of drug-likeness (QED) is 0.208. The van der Waals surface area contributed by atoms with E-state index < -0.39 is 0 Å². The highest BCUT2D eigenvalue weighted by Gasteiger charge is 2.35. The third kappa shape index (κ3) is 4.72. The summed E-state index contributed by atoms with van der Waals surface area (Å²) in [7, 11) is 0. The van der Waals surface area contributed by atoms with Gasteiger partial charge in [0.1, 0.15) is 11.5 Å². The van der Waals surface area contributed by atoms with Gasteiger partial charge in [-0.2, -0.15) is 0 Å². The second-order valence-electron chi connectivity index (χ2n) is 13.5. The Labute approximate surface area is 275 Å². The summed E-state index contributed by atoms with van der Waals surface area (Å²) < 4.78 is 8.47. The van der Waals surface area contributed by atoms with Crippen molar-refractivity contribution in [2.75, 3.05) is 0 Å². The number of para-hydroxylation sites is 3. The summed E-state index contributed by atoms with van der Waals surface area (Å²) in [5.74, 6) is 4.07. The van der Waals surface area contributed by atoms with Crippen molar-refractivity contribution >= 4 is 43.6 Å². The first-order valence-electron chi connectivity index (χ1n) is 17.0. The lowest BCUT2D eigenvalue weighted by Crippen LogP contribution is -2.10. The third-order valence-corrected chi connectivity index (χ3v) is 10.3. The lowest BCUT2D eigenvalue weighted by Gasteiger charge is -2.22. The number of ether oxygens (including phenoxy) is 1. The fourth-order valence-electron chi connectivity index (χ4n) is 7.88. The fraction of sp³-hybridized carbons (Fsp3) is 0.182. The van der Waals surface area contributed by atoms with Gasteiger partial charge in [-0.3, -0.25) is 0 Å². The molecule has 3 heteroatoms. The Morgan fingerprint density at radius 1 is 0.681 bits per heavy atom. The highest BCUT2D eigenvalue weighted by atomic mass is 16.5. The first-order valence-corrected chi connectivity index (χ1v) is 17.0. The number of rotatable bonds is 2. The van der Waals surface area contributed by atoms with E-state index in [1.807, 2.05) is 0 Å². The van der Waals surface area contributed by atoms with E-state index >= 15 is 0 Å². The molecule has 0 bridgehead atoms. The topological polar surface area (TPSA) is 29.9 Å². The molecule has 0 amide bonds. The van der Waals surface area contributed by atoms with Gasteiger partial charge in [0.15, 0.2) is 0 Å². The van der Waals surface area contributed by atoms with E-state index in [0.29, 0.717) is 17.8 Å². The van der Waals surface area contributed by atoms with Crippen LogP contribution in [0.4, 0.5) is 0 Å². The van der Waals surface area contributed by atoms with Gasteiger partial charge in [-0.25, -0.2) is 0 Å². The molecule has 47 heavy (non-hydrogen) atoms. The summed E-state index contributed by atoms with van der Waals surface area (Å²) >= 11 is 0. The van der Waals surface area contributed by atoms with E-state index in [1.165, 1.54) is 71.8 Å². The predicted octanol–water partition coefficient (Wildman–Crippen LogP) is 11.6. The van der Waals surface area contributed by atoms with Crippen LogP contribution in [-0.2, 0) is 4.74 Å². The van der Waals surface area contributed by atoms with Crippen LogP contribution < -0.4 is 0 Å². The summed E-state index contributed by atoms with van der Waals surface area (Å²) in [4.78, 5) is 3.57. The Bertz CT molecular complexity index is 2390. The number of hydrogen-bond donors (Lipinski definition) is 1. The molecule has 0 radical (unpaired) electrons. The molecule has 1 N–H and O–H groups in total. The normalized spacial score (nSPS) is 21.7. The van der Waals surface area contributed by atoms with Crippen LogP contribution in [0.1, 0.15) is 33.1 Å². The van der Waals surface area contributed by atoms with Crippen LogP contribution in [0.2, 0.25) is 0 Å². The molecule has 0 saturated heterocycles. The van der Waals surface area contributed by atoms with E-state index in [1.54, 1.807) is 0 Å². The maximum absolute atomic E-state index is 6.10. The Hall–Kier alpha value is -5.28. The van der Waals surface area contributed by atoms with Gasteiger partial charge in [0, 0.05) is 56.2 Å². The maximum Gasteiger partial charge on any atom is 0.112 e. The van der Waals surface area contributed by atoms with E-state index in [0.717, 1.165) is 25.0 Å². The third-order valence-electron chi connectivity index (χ3n) is 10.3. The SMILES string of the molecule is CC1C=CC(C2=CC=C3OC4=C(C=CC(C)C4)C3C2)=CC1.c1ccc(-n2c3ccccc3c3c4c(ccc32)[nH]c2ccccc24)cc1.